The van der Waals surface area contributed by atoms with Crippen molar-refractivity contribution < 1.29 is 14.2 Å². The van der Waals surface area contributed by atoms with E-state index in [-0.39, 0.29) is 22.8 Å². The van der Waals surface area contributed by atoms with Crippen molar-refractivity contribution in [1.29, 1.82) is 0 Å². The van der Waals surface area contributed by atoms with Crippen molar-refractivity contribution in [1.82, 2.24) is 5.16 Å². The third-order valence-corrected chi connectivity index (χ3v) is 2.71. The summed E-state index contributed by atoms with van der Waals surface area (Å²) in [5.41, 5.74) is 0.238. The fraction of sp³-hybridized carbons (Fsp3) is 0.231. The first kappa shape index (κ1) is 14.5. The van der Waals surface area contributed by atoms with Gasteiger partial charge in [0.1, 0.15) is 12.0 Å². The third-order valence-electron chi connectivity index (χ3n) is 2.71. The first-order valence-corrected chi connectivity index (χ1v) is 6.36. The second-order valence-electron chi connectivity index (χ2n) is 4.22. The highest BCUT2D eigenvalue weighted by molar-refractivity contribution is 6.08. The lowest BCUT2D eigenvalue weighted by Crippen LogP contribution is -2.16. The average Bonchev–Trinajstić information content (AvgIpc) is 2.97. The molecule has 0 atom stereocenters. The van der Waals surface area contributed by atoms with E-state index in [0.717, 1.165) is 6.42 Å². The molecule has 0 spiro atoms. The topological polar surface area (TPSA) is 110 Å². The van der Waals surface area contributed by atoms with E-state index >= 15 is 0 Å². The number of nitrogens with one attached hydrogen (secondary N) is 2. The largest absolute Gasteiger partial charge is 0.379 e. The van der Waals surface area contributed by atoms with E-state index < -0.39 is 10.8 Å². The first-order chi connectivity index (χ1) is 10.1. The van der Waals surface area contributed by atoms with Gasteiger partial charge in [0.05, 0.1) is 10.5 Å². The Bertz CT molecular complexity index is 640. The normalized spacial score (nSPS) is 10.1. The quantitative estimate of drug-likeness (QED) is 0.625. The number of carbonyl (C=O) groups is 1. The number of hydrogen-bond acceptors (Lipinski definition) is 6. The minimum Gasteiger partial charge on any atom is -0.379 e. The van der Waals surface area contributed by atoms with E-state index in [4.69, 9.17) is 0 Å². The summed E-state index contributed by atoms with van der Waals surface area (Å²) in [7, 11) is 0. The van der Waals surface area contributed by atoms with Gasteiger partial charge in [-0.15, -0.1) is 0 Å². The molecule has 0 saturated carbocycles. The fourth-order valence-corrected chi connectivity index (χ4v) is 1.78. The van der Waals surface area contributed by atoms with Crippen LogP contribution >= 0.6 is 0 Å². The highest BCUT2D eigenvalue weighted by atomic mass is 16.6. The molecule has 0 aliphatic carbocycles. The lowest BCUT2D eigenvalue weighted by atomic mass is 10.1. The molecule has 110 valence electrons. The third kappa shape index (κ3) is 3.35. The minimum absolute atomic E-state index is 0.142. The predicted octanol–water partition coefficient (Wildman–Crippen LogP) is 2.66. The fourth-order valence-electron chi connectivity index (χ4n) is 1.78. The maximum atomic E-state index is 12.2. The smallest absolute Gasteiger partial charge is 0.293 e. The number of nitro benzene ring substituents is 1. The molecular weight excluding hydrogens is 276 g/mol. The lowest BCUT2D eigenvalue weighted by Gasteiger charge is -2.11. The Hall–Kier alpha value is -2.90. The standard InChI is InChI=1S/C13H14N4O4/c1-2-7-14-12-9(4-3-5-10(12)17(19)20)13(18)15-11-6-8-21-16-11/h3-6,8,14H,2,7H2,1H3,(H,15,16,18). The Morgan fingerprint density at radius 1 is 1.43 bits per heavy atom. The number of para-hydroxylation sites is 1. The molecule has 0 radical (unpaired) electrons. The van der Waals surface area contributed by atoms with Crippen LogP contribution in [-0.2, 0) is 0 Å². The van der Waals surface area contributed by atoms with E-state index in [9.17, 15) is 14.9 Å². The molecule has 2 rings (SSSR count). The highest BCUT2D eigenvalue weighted by Crippen LogP contribution is 2.28. The summed E-state index contributed by atoms with van der Waals surface area (Å²) in [6.45, 7) is 2.45. The summed E-state index contributed by atoms with van der Waals surface area (Å²) < 4.78 is 4.62. The Morgan fingerprint density at radius 2 is 2.24 bits per heavy atom. The summed E-state index contributed by atoms with van der Waals surface area (Å²) >= 11 is 0. The van der Waals surface area contributed by atoms with Gasteiger partial charge in [-0.3, -0.25) is 14.9 Å². The lowest BCUT2D eigenvalue weighted by molar-refractivity contribution is -0.384. The molecule has 2 aromatic rings. The summed E-state index contributed by atoms with van der Waals surface area (Å²) in [4.78, 5) is 22.8. The van der Waals surface area contributed by atoms with Crippen molar-refractivity contribution in [2.24, 2.45) is 0 Å². The maximum Gasteiger partial charge on any atom is 0.293 e. The number of rotatable bonds is 6. The molecular formula is C13H14N4O4. The molecule has 1 amide bonds. The van der Waals surface area contributed by atoms with Crippen LogP contribution in [0.25, 0.3) is 0 Å². The zero-order valence-electron chi connectivity index (χ0n) is 11.3. The number of benzene rings is 1. The molecule has 0 aliphatic heterocycles. The molecule has 21 heavy (non-hydrogen) atoms. The SMILES string of the molecule is CCCNc1c(C(=O)Nc2ccon2)cccc1[N+](=O)[O-]. The van der Waals surface area contributed by atoms with Crippen LogP contribution in [0.3, 0.4) is 0 Å². The van der Waals surface area contributed by atoms with Crippen LogP contribution in [0.5, 0.6) is 0 Å². The van der Waals surface area contributed by atoms with E-state index in [1.807, 2.05) is 6.92 Å². The molecule has 0 fully saturated rings. The number of amides is 1. The Balaban J connectivity index is 2.34. The van der Waals surface area contributed by atoms with Crippen LogP contribution < -0.4 is 10.6 Å². The summed E-state index contributed by atoms with van der Waals surface area (Å²) in [5.74, 6) is -0.251. The Kier molecular flexibility index (Phi) is 4.50. The van der Waals surface area contributed by atoms with Gasteiger partial charge in [-0.25, -0.2) is 0 Å². The molecule has 1 aromatic heterocycles. The van der Waals surface area contributed by atoms with Gasteiger partial charge in [0.2, 0.25) is 0 Å². The van der Waals surface area contributed by atoms with Gasteiger partial charge in [0.25, 0.3) is 11.6 Å². The first-order valence-electron chi connectivity index (χ1n) is 6.36. The Labute approximate surface area is 120 Å². The number of nitrogens with zero attached hydrogens (tertiary/aromatic N) is 2. The van der Waals surface area contributed by atoms with Crippen LogP contribution in [0.2, 0.25) is 0 Å². The monoisotopic (exact) mass is 290 g/mol. The molecule has 0 saturated heterocycles. The predicted molar refractivity (Wildman–Crippen MR) is 76.3 cm³/mol. The molecule has 1 heterocycles. The maximum absolute atomic E-state index is 12.2. The molecule has 8 nitrogen and oxygen atoms in total. The van der Waals surface area contributed by atoms with Gasteiger partial charge in [-0.2, -0.15) is 0 Å². The average molecular weight is 290 g/mol. The number of nitro groups is 1. The van der Waals surface area contributed by atoms with E-state index in [0.29, 0.717) is 6.54 Å². The van der Waals surface area contributed by atoms with Crippen molar-refractivity contribution in [2.75, 3.05) is 17.2 Å². The second kappa shape index (κ2) is 6.51. The van der Waals surface area contributed by atoms with Gasteiger partial charge >= 0.3 is 0 Å². The zero-order chi connectivity index (χ0) is 15.2. The summed E-state index contributed by atoms with van der Waals surface area (Å²) in [5, 5.41) is 20.1. The number of aromatic nitrogens is 1. The number of hydrogen-bond donors (Lipinski definition) is 2. The van der Waals surface area contributed by atoms with Gasteiger partial charge in [-0.05, 0) is 12.5 Å². The van der Waals surface area contributed by atoms with Crippen LogP contribution in [0, 0.1) is 10.1 Å². The molecule has 0 aliphatic rings. The van der Waals surface area contributed by atoms with Gasteiger partial charge < -0.3 is 15.2 Å². The number of anilines is 2. The summed E-state index contributed by atoms with van der Waals surface area (Å²) in [6, 6.07) is 5.81. The van der Waals surface area contributed by atoms with Crippen molar-refractivity contribution in [3.05, 3.63) is 46.2 Å². The van der Waals surface area contributed by atoms with Crippen molar-refractivity contribution in [2.45, 2.75) is 13.3 Å². The van der Waals surface area contributed by atoms with Crippen LogP contribution in [0.4, 0.5) is 17.2 Å². The Morgan fingerprint density at radius 3 is 2.86 bits per heavy atom. The molecule has 8 heteroatoms. The molecule has 1 aromatic carbocycles. The van der Waals surface area contributed by atoms with Crippen LogP contribution in [0.1, 0.15) is 23.7 Å². The van der Waals surface area contributed by atoms with E-state index in [1.54, 1.807) is 0 Å². The van der Waals surface area contributed by atoms with Gasteiger partial charge in [-0.1, -0.05) is 18.1 Å². The van der Waals surface area contributed by atoms with Gasteiger partial charge in [0, 0.05) is 18.7 Å². The minimum atomic E-state index is -0.523. The van der Waals surface area contributed by atoms with Crippen LogP contribution in [-0.4, -0.2) is 22.5 Å². The van der Waals surface area contributed by atoms with Gasteiger partial charge in [0.15, 0.2) is 5.82 Å². The zero-order valence-corrected chi connectivity index (χ0v) is 11.3. The molecule has 2 N–H and O–H groups in total. The highest BCUT2D eigenvalue weighted by Gasteiger charge is 2.21. The van der Waals surface area contributed by atoms with Crippen molar-refractivity contribution in [3.8, 4) is 0 Å². The van der Waals surface area contributed by atoms with Crippen molar-refractivity contribution in [3.63, 3.8) is 0 Å². The molecule has 0 unspecified atom stereocenters. The summed E-state index contributed by atoms with van der Waals surface area (Å²) in [6.07, 6.45) is 2.09. The van der Waals surface area contributed by atoms with Crippen molar-refractivity contribution >= 4 is 23.1 Å². The van der Waals surface area contributed by atoms with E-state index in [1.165, 1.54) is 30.5 Å². The van der Waals surface area contributed by atoms with E-state index in [2.05, 4.69) is 20.3 Å². The molecule has 0 bridgehead atoms. The number of carbonyl (C=O) groups excluding carboxylic acids is 1. The second-order valence-corrected chi connectivity index (χ2v) is 4.22. The van der Waals surface area contributed by atoms with Crippen LogP contribution in [0.15, 0.2) is 35.1 Å².